The first-order valence-electron chi connectivity index (χ1n) is 6.34. The Bertz CT molecular complexity index is 604. The summed E-state index contributed by atoms with van der Waals surface area (Å²) in [5, 5.41) is 11.5. The molecular weight excluding hydrogens is 296 g/mol. The molecule has 1 N–H and O–H groups in total. The van der Waals surface area contributed by atoms with Gasteiger partial charge in [-0.2, -0.15) is 0 Å². The second-order valence-electron chi connectivity index (χ2n) is 4.55. The highest BCUT2D eigenvalue weighted by Crippen LogP contribution is 2.35. The van der Waals surface area contributed by atoms with Crippen LogP contribution in [-0.4, -0.2) is 27.7 Å². The minimum Gasteiger partial charge on any atom is -0.317 e. The predicted octanol–water partition coefficient (Wildman–Crippen LogP) is 3.56. The summed E-state index contributed by atoms with van der Waals surface area (Å²) in [7, 11) is 0. The fraction of sp³-hybridized carbons (Fsp3) is 0.308. The number of likely N-dealkylation sites (tertiary alicyclic amines) is 1. The molecule has 1 aromatic heterocycles. The Morgan fingerprint density at radius 3 is 3.05 bits per heavy atom. The van der Waals surface area contributed by atoms with Crippen LogP contribution >= 0.6 is 22.9 Å². The molecule has 0 spiro atoms. The van der Waals surface area contributed by atoms with Crippen LogP contribution in [0.3, 0.4) is 0 Å². The molecule has 1 aromatic carbocycles. The third-order valence-corrected chi connectivity index (χ3v) is 4.30. The molecule has 1 unspecified atom stereocenters. The third-order valence-electron chi connectivity index (χ3n) is 3.35. The number of benzene rings is 1. The van der Waals surface area contributed by atoms with E-state index in [0.29, 0.717) is 10.2 Å². The molecule has 5 nitrogen and oxygen atoms in total. The number of nitrogens with zero attached hydrogens (tertiary/aromatic N) is 3. The fourth-order valence-corrected chi connectivity index (χ4v) is 3.17. The van der Waals surface area contributed by atoms with Gasteiger partial charge in [-0.05, 0) is 24.5 Å². The molecule has 20 heavy (non-hydrogen) atoms. The van der Waals surface area contributed by atoms with E-state index in [-0.39, 0.29) is 12.1 Å². The van der Waals surface area contributed by atoms with E-state index in [1.54, 1.807) is 5.51 Å². The maximum Gasteiger partial charge on any atom is 0.324 e. The quantitative estimate of drug-likeness (QED) is 0.923. The maximum atomic E-state index is 12.3. The van der Waals surface area contributed by atoms with Gasteiger partial charge < -0.3 is 4.90 Å². The van der Waals surface area contributed by atoms with E-state index in [0.717, 1.165) is 24.9 Å². The first kappa shape index (κ1) is 13.3. The molecule has 1 fully saturated rings. The molecule has 2 heterocycles. The number of hydrogen-bond donors (Lipinski definition) is 1. The second kappa shape index (κ2) is 5.76. The van der Waals surface area contributed by atoms with Crippen molar-refractivity contribution in [3.63, 3.8) is 0 Å². The molecule has 1 aliphatic rings. The molecule has 0 saturated carbocycles. The molecule has 1 saturated heterocycles. The molecule has 0 radical (unpaired) electrons. The molecule has 1 aliphatic heterocycles. The monoisotopic (exact) mass is 308 g/mol. The van der Waals surface area contributed by atoms with Crippen molar-refractivity contribution < 1.29 is 4.79 Å². The molecule has 3 rings (SSSR count). The van der Waals surface area contributed by atoms with E-state index in [1.807, 2.05) is 29.2 Å². The van der Waals surface area contributed by atoms with Crippen LogP contribution in [0.2, 0.25) is 5.02 Å². The van der Waals surface area contributed by atoms with Gasteiger partial charge in [0, 0.05) is 11.6 Å². The van der Waals surface area contributed by atoms with Gasteiger partial charge in [-0.3, -0.25) is 5.32 Å². The van der Waals surface area contributed by atoms with E-state index in [4.69, 9.17) is 11.6 Å². The van der Waals surface area contributed by atoms with Crippen LogP contribution < -0.4 is 5.32 Å². The lowest BCUT2D eigenvalue weighted by Crippen LogP contribution is -2.34. The van der Waals surface area contributed by atoms with Crippen LogP contribution in [0, 0.1) is 0 Å². The largest absolute Gasteiger partial charge is 0.324 e. The molecule has 2 amide bonds. The SMILES string of the molecule is O=C(Nc1nncs1)N1CCCC1c1ccccc1Cl. The summed E-state index contributed by atoms with van der Waals surface area (Å²) < 4.78 is 0. The van der Waals surface area contributed by atoms with E-state index in [2.05, 4.69) is 15.5 Å². The normalized spacial score (nSPS) is 18.2. The summed E-state index contributed by atoms with van der Waals surface area (Å²) in [6, 6.07) is 7.55. The third kappa shape index (κ3) is 2.62. The number of hydrogen-bond acceptors (Lipinski definition) is 4. The van der Waals surface area contributed by atoms with Gasteiger partial charge in [0.05, 0.1) is 6.04 Å². The van der Waals surface area contributed by atoms with Crippen LogP contribution in [0.5, 0.6) is 0 Å². The summed E-state index contributed by atoms with van der Waals surface area (Å²) in [5.74, 6) is 0. The van der Waals surface area contributed by atoms with E-state index in [9.17, 15) is 4.79 Å². The maximum absolute atomic E-state index is 12.3. The smallest absolute Gasteiger partial charge is 0.317 e. The summed E-state index contributed by atoms with van der Waals surface area (Å²) in [4.78, 5) is 14.1. The zero-order chi connectivity index (χ0) is 13.9. The van der Waals surface area contributed by atoms with Crippen molar-refractivity contribution in [2.45, 2.75) is 18.9 Å². The highest BCUT2D eigenvalue weighted by molar-refractivity contribution is 7.13. The summed E-state index contributed by atoms with van der Waals surface area (Å²) in [6.07, 6.45) is 1.90. The van der Waals surface area contributed by atoms with Crippen molar-refractivity contribution in [3.05, 3.63) is 40.4 Å². The lowest BCUT2D eigenvalue weighted by molar-refractivity contribution is 0.207. The van der Waals surface area contributed by atoms with Crippen LogP contribution in [-0.2, 0) is 0 Å². The lowest BCUT2D eigenvalue weighted by Gasteiger charge is -2.25. The van der Waals surface area contributed by atoms with E-state index in [1.165, 1.54) is 11.3 Å². The van der Waals surface area contributed by atoms with Crippen molar-refractivity contribution in [3.8, 4) is 0 Å². The summed E-state index contributed by atoms with van der Waals surface area (Å²) in [5.41, 5.74) is 2.59. The zero-order valence-electron chi connectivity index (χ0n) is 10.6. The standard InChI is InChI=1S/C13H13ClN4OS/c14-10-5-2-1-4-9(10)11-6-3-7-18(11)13(19)16-12-17-15-8-20-12/h1-2,4-5,8,11H,3,6-7H2,(H,16,17,19). The minimum atomic E-state index is -0.149. The Labute approximate surface area is 125 Å². The summed E-state index contributed by atoms with van der Waals surface area (Å²) >= 11 is 7.54. The highest BCUT2D eigenvalue weighted by atomic mass is 35.5. The van der Waals surface area contributed by atoms with Crippen LogP contribution in [0.1, 0.15) is 24.4 Å². The molecule has 0 aliphatic carbocycles. The van der Waals surface area contributed by atoms with Crippen molar-refractivity contribution >= 4 is 34.1 Å². The number of nitrogens with one attached hydrogen (secondary N) is 1. The topological polar surface area (TPSA) is 58.1 Å². The van der Waals surface area contributed by atoms with Crippen LogP contribution in [0.4, 0.5) is 9.93 Å². The van der Waals surface area contributed by atoms with Crippen molar-refractivity contribution in [2.75, 3.05) is 11.9 Å². The van der Waals surface area contributed by atoms with Gasteiger partial charge in [-0.25, -0.2) is 4.79 Å². The Hall–Kier alpha value is -1.66. The van der Waals surface area contributed by atoms with Gasteiger partial charge in [-0.15, -0.1) is 10.2 Å². The predicted molar refractivity (Wildman–Crippen MR) is 79.1 cm³/mol. The number of carbonyl (C=O) groups excluding carboxylic acids is 1. The van der Waals surface area contributed by atoms with E-state index >= 15 is 0 Å². The number of aromatic nitrogens is 2. The number of halogens is 1. The van der Waals surface area contributed by atoms with Crippen LogP contribution in [0.15, 0.2) is 29.8 Å². The first-order valence-corrected chi connectivity index (χ1v) is 7.59. The van der Waals surface area contributed by atoms with Crippen LogP contribution in [0.25, 0.3) is 0 Å². The fourth-order valence-electron chi connectivity index (χ4n) is 2.47. The summed E-state index contributed by atoms with van der Waals surface area (Å²) in [6.45, 7) is 0.723. The number of carbonyl (C=O) groups is 1. The molecule has 7 heteroatoms. The number of urea groups is 1. The molecule has 0 bridgehead atoms. The zero-order valence-corrected chi connectivity index (χ0v) is 12.2. The van der Waals surface area contributed by atoms with Crippen molar-refractivity contribution in [1.82, 2.24) is 15.1 Å². The Kier molecular flexibility index (Phi) is 3.84. The van der Waals surface area contributed by atoms with Gasteiger partial charge in [0.1, 0.15) is 5.51 Å². The van der Waals surface area contributed by atoms with Gasteiger partial charge in [-0.1, -0.05) is 41.1 Å². The minimum absolute atomic E-state index is 0.0246. The lowest BCUT2D eigenvalue weighted by atomic mass is 10.0. The number of rotatable bonds is 2. The Morgan fingerprint density at radius 1 is 1.45 bits per heavy atom. The molecule has 104 valence electrons. The molecular formula is C13H13ClN4OS. The first-order chi connectivity index (χ1) is 9.75. The highest BCUT2D eigenvalue weighted by Gasteiger charge is 2.31. The molecule has 1 atom stereocenters. The average Bonchev–Trinajstić information content (AvgIpc) is 3.09. The Morgan fingerprint density at radius 2 is 2.30 bits per heavy atom. The number of anilines is 1. The molecule has 2 aromatic rings. The Balaban J connectivity index is 1.79. The van der Waals surface area contributed by atoms with E-state index < -0.39 is 0 Å². The van der Waals surface area contributed by atoms with Crippen molar-refractivity contribution in [1.29, 1.82) is 0 Å². The average molecular weight is 309 g/mol. The van der Waals surface area contributed by atoms with Gasteiger partial charge >= 0.3 is 6.03 Å². The van der Waals surface area contributed by atoms with Gasteiger partial charge in [0.25, 0.3) is 0 Å². The second-order valence-corrected chi connectivity index (χ2v) is 5.79. The van der Waals surface area contributed by atoms with Crippen molar-refractivity contribution in [2.24, 2.45) is 0 Å². The van der Waals surface area contributed by atoms with Gasteiger partial charge in [0.2, 0.25) is 5.13 Å². The van der Waals surface area contributed by atoms with Gasteiger partial charge in [0.15, 0.2) is 0 Å². The number of amides is 2.